The zero-order valence-electron chi connectivity index (χ0n) is 11.4. The van der Waals surface area contributed by atoms with Gasteiger partial charge >= 0.3 is 0 Å². The van der Waals surface area contributed by atoms with Crippen LogP contribution in [-0.2, 0) is 0 Å². The maximum atomic E-state index is 5.83. The minimum Gasteiger partial charge on any atom is -0.436 e. The SMILES string of the molecule is CCN(C)c1ccc(-c2nc3ccc(I)cc3o2)cc1. The average molecular weight is 378 g/mol. The Balaban J connectivity index is 1.98. The Morgan fingerprint density at radius 3 is 2.60 bits per heavy atom. The maximum absolute atomic E-state index is 5.83. The van der Waals surface area contributed by atoms with Crippen LogP contribution in [0.25, 0.3) is 22.6 Å². The summed E-state index contributed by atoms with van der Waals surface area (Å²) < 4.78 is 6.98. The molecule has 3 aromatic rings. The van der Waals surface area contributed by atoms with Gasteiger partial charge in [-0.3, -0.25) is 0 Å². The summed E-state index contributed by atoms with van der Waals surface area (Å²) in [6.45, 7) is 3.12. The van der Waals surface area contributed by atoms with Gasteiger partial charge < -0.3 is 9.32 Å². The standard InChI is InChI=1S/C16H15IN2O/c1-3-19(2)13-7-4-11(5-8-13)16-18-14-9-6-12(17)10-15(14)20-16/h4-10H,3H2,1-2H3. The second-order valence-electron chi connectivity index (χ2n) is 4.69. The van der Waals surface area contributed by atoms with Gasteiger partial charge in [0.1, 0.15) is 5.52 Å². The molecule has 0 bridgehead atoms. The number of halogens is 1. The fraction of sp³-hybridized carbons (Fsp3) is 0.188. The molecule has 2 aromatic carbocycles. The largest absolute Gasteiger partial charge is 0.436 e. The number of nitrogens with zero attached hydrogens (tertiary/aromatic N) is 2. The molecule has 3 nitrogen and oxygen atoms in total. The van der Waals surface area contributed by atoms with Gasteiger partial charge in [-0.25, -0.2) is 4.98 Å². The highest BCUT2D eigenvalue weighted by Crippen LogP contribution is 2.26. The Kier molecular flexibility index (Phi) is 3.65. The Labute approximate surface area is 131 Å². The van der Waals surface area contributed by atoms with E-state index in [0.717, 1.165) is 26.8 Å². The van der Waals surface area contributed by atoms with E-state index in [1.54, 1.807) is 0 Å². The first-order valence-corrected chi connectivity index (χ1v) is 7.63. The molecule has 0 spiro atoms. The zero-order valence-corrected chi connectivity index (χ0v) is 13.6. The minimum absolute atomic E-state index is 0.674. The van der Waals surface area contributed by atoms with Crippen LogP contribution in [0.2, 0.25) is 0 Å². The van der Waals surface area contributed by atoms with Gasteiger partial charge in [-0.05, 0) is 72.0 Å². The number of benzene rings is 2. The van der Waals surface area contributed by atoms with E-state index >= 15 is 0 Å². The minimum atomic E-state index is 0.674. The Morgan fingerprint density at radius 2 is 1.90 bits per heavy atom. The van der Waals surface area contributed by atoms with Gasteiger partial charge in [0.25, 0.3) is 0 Å². The van der Waals surface area contributed by atoms with Gasteiger partial charge in [0, 0.05) is 28.4 Å². The van der Waals surface area contributed by atoms with Gasteiger partial charge in [-0.1, -0.05) is 0 Å². The second kappa shape index (κ2) is 5.44. The fourth-order valence-corrected chi connectivity index (χ4v) is 2.53. The molecule has 0 fully saturated rings. The molecule has 0 amide bonds. The highest BCUT2D eigenvalue weighted by Gasteiger charge is 2.08. The molecule has 0 unspecified atom stereocenters. The number of fused-ring (bicyclic) bond motifs is 1. The highest BCUT2D eigenvalue weighted by atomic mass is 127. The predicted molar refractivity (Wildman–Crippen MR) is 91.1 cm³/mol. The van der Waals surface area contributed by atoms with Crippen LogP contribution in [0.3, 0.4) is 0 Å². The van der Waals surface area contributed by atoms with Crippen LogP contribution in [0.15, 0.2) is 46.9 Å². The van der Waals surface area contributed by atoms with E-state index in [1.165, 1.54) is 5.69 Å². The summed E-state index contributed by atoms with van der Waals surface area (Å²) in [4.78, 5) is 6.73. The summed E-state index contributed by atoms with van der Waals surface area (Å²) in [6, 6.07) is 14.3. The van der Waals surface area contributed by atoms with Crippen molar-refractivity contribution in [2.75, 3.05) is 18.5 Å². The molecule has 0 radical (unpaired) electrons. The number of hydrogen-bond acceptors (Lipinski definition) is 3. The van der Waals surface area contributed by atoms with Gasteiger partial charge in [0.2, 0.25) is 5.89 Å². The number of hydrogen-bond donors (Lipinski definition) is 0. The van der Waals surface area contributed by atoms with Crippen LogP contribution in [0.4, 0.5) is 5.69 Å². The van der Waals surface area contributed by atoms with Crippen molar-refractivity contribution in [1.82, 2.24) is 4.98 Å². The van der Waals surface area contributed by atoms with Gasteiger partial charge in [-0.2, -0.15) is 0 Å². The molecule has 0 aliphatic heterocycles. The molecule has 3 rings (SSSR count). The highest BCUT2D eigenvalue weighted by molar-refractivity contribution is 14.1. The molecule has 0 atom stereocenters. The van der Waals surface area contributed by atoms with Crippen LogP contribution in [0.1, 0.15) is 6.92 Å². The normalized spacial score (nSPS) is 10.9. The molecule has 1 heterocycles. The first-order valence-electron chi connectivity index (χ1n) is 6.55. The van der Waals surface area contributed by atoms with Crippen molar-refractivity contribution in [3.05, 3.63) is 46.0 Å². The summed E-state index contributed by atoms with van der Waals surface area (Å²) >= 11 is 2.27. The molecule has 0 N–H and O–H groups in total. The molecule has 102 valence electrons. The summed E-state index contributed by atoms with van der Waals surface area (Å²) in [5.74, 6) is 0.674. The van der Waals surface area contributed by atoms with Crippen molar-refractivity contribution < 1.29 is 4.42 Å². The van der Waals surface area contributed by atoms with E-state index in [9.17, 15) is 0 Å². The summed E-state index contributed by atoms with van der Waals surface area (Å²) in [5, 5.41) is 0. The van der Waals surface area contributed by atoms with Crippen LogP contribution in [-0.4, -0.2) is 18.6 Å². The molecular formula is C16H15IN2O. The Morgan fingerprint density at radius 1 is 1.15 bits per heavy atom. The summed E-state index contributed by atoms with van der Waals surface area (Å²) in [5.41, 5.74) is 3.93. The van der Waals surface area contributed by atoms with Crippen molar-refractivity contribution in [3.63, 3.8) is 0 Å². The molecule has 1 aromatic heterocycles. The van der Waals surface area contributed by atoms with Crippen molar-refractivity contribution in [2.45, 2.75) is 6.92 Å². The van der Waals surface area contributed by atoms with E-state index in [2.05, 4.69) is 70.7 Å². The van der Waals surface area contributed by atoms with E-state index < -0.39 is 0 Å². The third-order valence-corrected chi connectivity index (χ3v) is 4.05. The molecule has 0 aliphatic rings. The van der Waals surface area contributed by atoms with Crippen molar-refractivity contribution in [3.8, 4) is 11.5 Å². The lowest BCUT2D eigenvalue weighted by molar-refractivity contribution is 0.619. The lowest BCUT2D eigenvalue weighted by Crippen LogP contribution is -2.15. The first-order chi connectivity index (χ1) is 9.67. The van der Waals surface area contributed by atoms with Crippen LogP contribution >= 0.6 is 22.6 Å². The molecule has 20 heavy (non-hydrogen) atoms. The van der Waals surface area contributed by atoms with Gasteiger partial charge in [0.15, 0.2) is 5.58 Å². The number of anilines is 1. The Bertz CT molecular complexity index is 734. The topological polar surface area (TPSA) is 29.3 Å². The van der Waals surface area contributed by atoms with Crippen LogP contribution in [0.5, 0.6) is 0 Å². The first kappa shape index (κ1) is 13.4. The van der Waals surface area contributed by atoms with Crippen LogP contribution in [0, 0.1) is 3.57 Å². The third-order valence-electron chi connectivity index (χ3n) is 3.38. The molecule has 0 aliphatic carbocycles. The summed E-state index contributed by atoms with van der Waals surface area (Å²) in [7, 11) is 2.08. The molecule has 4 heteroatoms. The molecule has 0 saturated heterocycles. The lowest BCUT2D eigenvalue weighted by atomic mass is 10.2. The van der Waals surface area contributed by atoms with E-state index in [-0.39, 0.29) is 0 Å². The number of oxazole rings is 1. The number of rotatable bonds is 3. The van der Waals surface area contributed by atoms with Crippen molar-refractivity contribution in [2.24, 2.45) is 0 Å². The average Bonchev–Trinajstić information content (AvgIpc) is 2.89. The van der Waals surface area contributed by atoms with E-state index in [4.69, 9.17) is 4.42 Å². The predicted octanol–water partition coefficient (Wildman–Crippen LogP) is 4.56. The zero-order chi connectivity index (χ0) is 14.1. The fourth-order valence-electron chi connectivity index (χ4n) is 2.06. The molecule has 0 saturated carbocycles. The van der Waals surface area contributed by atoms with Crippen LogP contribution < -0.4 is 4.90 Å². The van der Waals surface area contributed by atoms with Crippen molar-refractivity contribution in [1.29, 1.82) is 0 Å². The van der Waals surface area contributed by atoms with E-state index in [1.807, 2.05) is 18.2 Å². The monoisotopic (exact) mass is 378 g/mol. The third kappa shape index (κ3) is 2.52. The van der Waals surface area contributed by atoms with Crippen molar-refractivity contribution >= 4 is 39.4 Å². The summed E-state index contributed by atoms with van der Waals surface area (Å²) in [6.07, 6.45) is 0. The van der Waals surface area contributed by atoms with Gasteiger partial charge in [0.05, 0.1) is 0 Å². The molecular weight excluding hydrogens is 363 g/mol. The van der Waals surface area contributed by atoms with Gasteiger partial charge in [-0.15, -0.1) is 0 Å². The Hall–Kier alpha value is -1.56. The quantitative estimate of drug-likeness (QED) is 0.626. The second-order valence-corrected chi connectivity index (χ2v) is 5.94. The maximum Gasteiger partial charge on any atom is 0.227 e. The van der Waals surface area contributed by atoms with E-state index in [0.29, 0.717) is 5.89 Å². The lowest BCUT2D eigenvalue weighted by Gasteiger charge is -2.16. The number of aromatic nitrogens is 1. The smallest absolute Gasteiger partial charge is 0.227 e.